The number of aryl methyl sites for hydroxylation is 1. The van der Waals surface area contributed by atoms with Gasteiger partial charge in [0.2, 0.25) is 0 Å². The molecule has 0 atom stereocenters. The van der Waals surface area contributed by atoms with E-state index in [9.17, 15) is 4.79 Å². The first kappa shape index (κ1) is 7.36. The quantitative estimate of drug-likeness (QED) is 0.604. The van der Waals surface area contributed by atoms with Crippen LogP contribution in [0.2, 0.25) is 5.15 Å². The van der Waals surface area contributed by atoms with Crippen LogP contribution in [0.25, 0.3) is 11.0 Å². The second kappa shape index (κ2) is 2.35. The Hall–Kier alpha value is -1.29. The fourth-order valence-corrected chi connectivity index (χ4v) is 1.18. The van der Waals surface area contributed by atoms with Crippen LogP contribution in [0.4, 0.5) is 0 Å². The van der Waals surface area contributed by atoms with E-state index >= 15 is 0 Å². The summed E-state index contributed by atoms with van der Waals surface area (Å²) in [5, 5.41) is 6.01. The van der Waals surface area contributed by atoms with Gasteiger partial charge < -0.3 is 0 Å². The third kappa shape index (κ3) is 0.921. The zero-order valence-electron chi connectivity index (χ0n) is 6.31. The molecule has 0 unspecified atom stereocenters. The lowest BCUT2D eigenvalue weighted by atomic mass is 10.2. The molecule has 4 nitrogen and oxygen atoms in total. The molecule has 0 spiro atoms. The molecular weight excluding hydrogens is 178 g/mol. The number of nitrogens with zero attached hydrogens (tertiary/aromatic N) is 1. The van der Waals surface area contributed by atoms with E-state index in [1.807, 2.05) is 0 Å². The van der Waals surface area contributed by atoms with E-state index in [0.717, 1.165) is 5.56 Å². The van der Waals surface area contributed by atoms with Gasteiger partial charge in [0.05, 0.1) is 5.39 Å². The van der Waals surface area contributed by atoms with Crippen molar-refractivity contribution in [1.82, 2.24) is 15.2 Å². The average Bonchev–Trinajstić information content (AvgIpc) is 2.35. The van der Waals surface area contributed by atoms with E-state index in [-0.39, 0.29) is 5.56 Å². The van der Waals surface area contributed by atoms with E-state index in [1.54, 1.807) is 13.0 Å². The van der Waals surface area contributed by atoms with Crippen LogP contribution in [0, 0.1) is 6.92 Å². The Bertz CT molecular complexity index is 485. The van der Waals surface area contributed by atoms with Crippen LogP contribution in [0.1, 0.15) is 5.56 Å². The number of rotatable bonds is 0. The Morgan fingerprint density at radius 3 is 3.00 bits per heavy atom. The van der Waals surface area contributed by atoms with Gasteiger partial charge in [-0.3, -0.25) is 15.0 Å². The molecule has 2 rings (SSSR count). The number of halogens is 1. The molecule has 0 aliphatic rings. The van der Waals surface area contributed by atoms with Crippen LogP contribution in [0.5, 0.6) is 0 Å². The summed E-state index contributed by atoms with van der Waals surface area (Å²) in [7, 11) is 0. The highest BCUT2D eigenvalue weighted by Gasteiger charge is 2.04. The fraction of sp³-hybridized carbons (Fsp3) is 0.143. The summed E-state index contributed by atoms with van der Waals surface area (Å²) in [6.07, 6.45) is 0. The average molecular weight is 184 g/mol. The summed E-state index contributed by atoms with van der Waals surface area (Å²) in [6.45, 7) is 1.81. The Morgan fingerprint density at radius 2 is 2.25 bits per heavy atom. The van der Waals surface area contributed by atoms with Gasteiger partial charge in [0.25, 0.3) is 5.56 Å². The van der Waals surface area contributed by atoms with Crippen LogP contribution in [-0.2, 0) is 0 Å². The highest BCUT2D eigenvalue weighted by Crippen LogP contribution is 2.14. The summed E-state index contributed by atoms with van der Waals surface area (Å²) in [5.41, 5.74) is 1.13. The molecule has 0 bridgehead atoms. The van der Waals surface area contributed by atoms with Crippen molar-refractivity contribution < 1.29 is 0 Å². The molecule has 0 fully saturated rings. The molecule has 0 aliphatic carbocycles. The van der Waals surface area contributed by atoms with Gasteiger partial charge in [-0.05, 0) is 18.6 Å². The predicted molar refractivity (Wildman–Crippen MR) is 46.5 cm³/mol. The van der Waals surface area contributed by atoms with Crippen LogP contribution < -0.4 is 5.56 Å². The predicted octanol–water partition coefficient (Wildman–Crippen LogP) is 1.21. The van der Waals surface area contributed by atoms with Crippen molar-refractivity contribution in [3.05, 3.63) is 27.1 Å². The Morgan fingerprint density at radius 1 is 1.50 bits per heavy atom. The van der Waals surface area contributed by atoms with Gasteiger partial charge >= 0.3 is 0 Å². The van der Waals surface area contributed by atoms with Gasteiger partial charge in [-0.15, -0.1) is 0 Å². The maximum Gasteiger partial charge on any atom is 0.273 e. The molecule has 0 aliphatic heterocycles. The molecule has 2 N–H and O–H groups in total. The summed E-state index contributed by atoms with van der Waals surface area (Å²) in [4.78, 5) is 15.0. The van der Waals surface area contributed by atoms with Gasteiger partial charge in [0.15, 0.2) is 5.65 Å². The largest absolute Gasteiger partial charge is 0.281 e. The maximum absolute atomic E-state index is 11.1. The number of hydrogen-bond acceptors (Lipinski definition) is 2. The molecule has 5 heteroatoms. The number of fused-ring (bicyclic) bond motifs is 1. The molecule has 62 valence electrons. The lowest BCUT2D eigenvalue weighted by molar-refractivity contribution is 1.06. The van der Waals surface area contributed by atoms with Crippen molar-refractivity contribution in [2.45, 2.75) is 6.92 Å². The van der Waals surface area contributed by atoms with Gasteiger partial charge in [-0.2, -0.15) is 0 Å². The van der Waals surface area contributed by atoms with Crippen molar-refractivity contribution in [3.63, 3.8) is 0 Å². The van der Waals surface area contributed by atoms with E-state index < -0.39 is 0 Å². The van der Waals surface area contributed by atoms with Gasteiger partial charge in [-0.25, -0.2) is 4.98 Å². The third-order valence-electron chi connectivity index (χ3n) is 1.69. The van der Waals surface area contributed by atoms with Gasteiger partial charge in [0, 0.05) is 0 Å². The van der Waals surface area contributed by atoms with E-state index in [0.29, 0.717) is 16.2 Å². The second-order valence-electron chi connectivity index (χ2n) is 2.57. The molecule has 2 aromatic heterocycles. The smallest absolute Gasteiger partial charge is 0.273 e. The van der Waals surface area contributed by atoms with Gasteiger partial charge in [-0.1, -0.05) is 11.6 Å². The summed E-state index contributed by atoms with van der Waals surface area (Å²) >= 11 is 5.75. The lowest BCUT2D eigenvalue weighted by Crippen LogP contribution is -1.97. The number of nitrogens with one attached hydrogen (secondary N) is 2. The van der Waals surface area contributed by atoms with E-state index in [4.69, 9.17) is 11.6 Å². The molecule has 0 amide bonds. The van der Waals surface area contributed by atoms with E-state index in [2.05, 4.69) is 15.2 Å². The molecular formula is C7H6ClN3O. The van der Waals surface area contributed by atoms with Crippen LogP contribution >= 0.6 is 11.6 Å². The standard InChI is InChI=1S/C7H6ClN3O/c1-3-2-4-6(9-5(3)8)10-11-7(4)12/h2H,1H3,(H2,9,10,11,12). The van der Waals surface area contributed by atoms with Crippen LogP contribution in [0.3, 0.4) is 0 Å². The first-order valence-electron chi connectivity index (χ1n) is 3.42. The summed E-state index contributed by atoms with van der Waals surface area (Å²) in [6, 6.07) is 1.71. The SMILES string of the molecule is Cc1cc2c(=O)[nH][nH]c2nc1Cl. The Balaban J connectivity index is 2.97. The number of pyridine rings is 1. The Kier molecular flexibility index (Phi) is 1.44. The van der Waals surface area contributed by atoms with Crippen LogP contribution in [0.15, 0.2) is 10.9 Å². The Labute approximate surface area is 72.6 Å². The highest BCUT2D eigenvalue weighted by atomic mass is 35.5. The minimum absolute atomic E-state index is 0.169. The molecule has 0 radical (unpaired) electrons. The number of H-pyrrole nitrogens is 2. The first-order valence-corrected chi connectivity index (χ1v) is 3.80. The minimum atomic E-state index is -0.169. The molecule has 2 heterocycles. The summed E-state index contributed by atoms with van der Waals surface area (Å²) in [5.74, 6) is 0. The maximum atomic E-state index is 11.1. The number of aromatic amines is 2. The zero-order valence-corrected chi connectivity index (χ0v) is 7.07. The van der Waals surface area contributed by atoms with E-state index in [1.165, 1.54) is 0 Å². The lowest BCUT2D eigenvalue weighted by Gasteiger charge is -1.93. The van der Waals surface area contributed by atoms with Crippen molar-refractivity contribution in [2.24, 2.45) is 0 Å². The second-order valence-corrected chi connectivity index (χ2v) is 2.93. The van der Waals surface area contributed by atoms with Gasteiger partial charge in [0.1, 0.15) is 5.15 Å². The van der Waals surface area contributed by atoms with Crippen LogP contribution in [-0.4, -0.2) is 15.2 Å². The highest BCUT2D eigenvalue weighted by molar-refractivity contribution is 6.30. The molecule has 0 saturated heterocycles. The molecule has 2 aromatic rings. The van der Waals surface area contributed by atoms with Crippen molar-refractivity contribution in [2.75, 3.05) is 0 Å². The molecule has 0 aromatic carbocycles. The normalized spacial score (nSPS) is 10.8. The monoisotopic (exact) mass is 183 g/mol. The van der Waals surface area contributed by atoms with Crippen molar-refractivity contribution >= 4 is 22.6 Å². The molecule has 12 heavy (non-hydrogen) atoms. The van der Waals surface area contributed by atoms with Crippen molar-refractivity contribution in [1.29, 1.82) is 0 Å². The first-order chi connectivity index (χ1) is 5.68. The molecule has 0 saturated carbocycles. The third-order valence-corrected chi connectivity index (χ3v) is 2.07. The number of hydrogen-bond donors (Lipinski definition) is 2. The fourth-order valence-electron chi connectivity index (χ4n) is 1.04. The minimum Gasteiger partial charge on any atom is -0.281 e. The topological polar surface area (TPSA) is 61.5 Å². The van der Waals surface area contributed by atoms with Crippen molar-refractivity contribution in [3.8, 4) is 0 Å². The summed E-state index contributed by atoms with van der Waals surface area (Å²) < 4.78 is 0. The number of aromatic nitrogens is 3. The zero-order chi connectivity index (χ0) is 8.72.